The Morgan fingerprint density at radius 1 is 1.23 bits per heavy atom. The van der Waals surface area contributed by atoms with Crippen LogP contribution in [0.25, 0.3) is 0 Å². The minimum absolute atomic E-state index is 0.262. The maximum atomic E-state index is 10.3. The lowest BCUT2D eigenvalue weighted by atomic mass is 9.75. The Labute approximate surface area is 80.7 Å². The second-order valence-electron chi connectivity index (χ2n) is 4.77. The summed E-state index contributed by atoms with van der Waals surface area (Å²) in [6.45, 7) is 6.91. The lowest BCUT2D eigenvalue weighted by Gasteiger charge is -2.36. The zero-order chi connectivity index (χ0) is 9.90. The third-order valence-corrected chi connectivity index (χ3v) is 3.35. The van der Waals surface area contributed by atoms with Crippen molar-refractivity contribution in [2.75, 3.05) is 0 Å². The molecule has 0 aliphatic heterocycles. The van der Waals surface area contributed by atoms with Crippen LogP contribution in [0.5, 0.6) is 0 Å². The van der Waals surface area contributed by atoms with Crippen molar-refractivity contribution in [1.82, 2.24) is 0 Å². The van der Waals surface area contributed by atoms with E-state index in [1.165, 1.54) is 25.7 Å². The summed E-state index contributed by atoms with van der Waals surface area (Å²) in [5.41, 5.74) is -0.262. The van der Waals surface area contributed by atoms with Crippen molar-refractivity contribution < 1.29 is 9.53 Å². The number of ether oxygens (including phenoxy) is 1. The molecule has 0 spiro atoms. The highest BCUT2D eigenvalue weighted by molar-refractivity contribution is 5.38. The summed E-state index contributed by atoms with van der Waals surface area (Å²) < 4.78 is 5.12. The minimum Gasteiger partial charge on any atom is -0.462 e. The van der Waals surface area contributed by atoms with Crippen molar-refractivity contribution in [3.05, 3.63) is 0 Å². The molecule has 0 saturated heterocycles. The number of hydrogen-bond acceptors (Lipinski definition) is 2. The van der Waals surface area contributed by atoms with Gasteiger partial charge in [0.15, 0.2) is 0 Å². The van der Waals surface area contributed by atoms with Gasteiger partial charge in [-0.05, 0) is 38.5 Å². The molecule has 2 heteroatoms. The Hall–Kier alpha value is -0.530. The first-order valence-corrected chi connectivity index (χ1v) is 5.17. The van der Waals surface area contributed by atoms with E-state index in [9.17, 15) is 4.79 Å². The number of carbonyl (C=O) groups excluding carboxylic acids is 1. The molecule has 1 fully saturated rings. The Morgan fingerprint density at radius 3 is 2.23 bits per heavy atom. The van der Waals surface area contributed by atoms with E-state index in [0.717, 1.165) is 5.92 Å². The van der Waals surface area contributed by atoms with Crippen LogP contribution >= 0.6 is 0 Å². The van der Waals surface area contributed by atoms with E-state index in [1.54, 1.807) is 0 Å². The lowest BCUT2D eigenvalue weighted by Crippen LogP contribution is -2.36. The summed E-state index contributed by atoms with van der Waals surface area (Å²) in [7, 11) is 0. The van der Waals surface area contributed by atoms with E-state index in [-0.39, 0.29) is 5.60 Å². The maximum Gasteiger partial charge on any atom is 0.293 e. The fourth-order valence-corrected chi connectivity index (χ4v) is 2.18. The Balaban J connectivity index is 2.47. The van der Waals surface area contributed by atoms with E-state index < -0.39 is 0 Å². The fourth-order valence-electron chi connectivity index (χ4n) is 2.18. The summed E-state index contributed by atoms with van der Waals surface area (Å²) in [5.74, 6) is 1.40. The Bertz CT molecular complexity index is 167. The van der Waals surface area contributed by atoms with Crippen LogP contribution in [0.2, 0.25) is 0 Å². The SMILES string of the molecule is CC1CCC(C(C)(C)OC=O)CC1. The summed E-state index contributed by atoms with van der Waals surface area (Å²) >= 11 is 0. The van der Waals surface area contributed by atoms with E-state index >= 15 is 0 Å². The van der Waals surface area contributed by atoms with Gasteiger partial charge in [0.2, 0.25) is 0 Å². The first kappa shape index (κ1) is 10.6. The summed E-state index contributed by atoms with van der Waals surface area (Å²) in [5, 5.41) is 0. The third-order valence-electron chi connectivity index (χ3n) is 3.35. The molecular formula is C11H20O2. The minimum atomic E-state index is -0.262. The van der Waals surface area contributed by atoms with Crippen LogP contribution in [0.1, 0.15) is 46.5 Å². The molecule has 0 amide bonds. The van der Waals surface area contributed by atoms with Gasteiger partial charge < -0.3 is 4.74 Å². The van der Waals surface area contributed by atoms with Gasteiger partial charge in [-0.25, -0.2) is 0 Å². The summed E-state index contributed by atoms with van der Waals surface area (Å²) in [6, 6.07) is 0. The molecule has 76 valence electrons. The van der Waals surface area contributed by atoms with Crippen LogP contribution in [0, 0.1) is 11.8 Å². The monoisotopic (exact) mass is 184 g/mol. The van der Waals surface area contributed by atoms with Gasteiger partial charge in [0, 0.05) is 0 Å². The predicted octanol–water partition coefficient (Wildman–Crippen LogP) is 2.76. The van der Waals surface area contributed by atoms with Crippen LogP contribution in [-0.2, 0) is 9.53 Å². The van der Waals surface area contributed by atoms with Gasteiger partial charge in [0.25, 0.3) is 6.47 Å². The molecule has 0 aromatic heterocycles. The number of hydrogen-bond donors (Lipinski definition) is 0. The molecule has 0 radical (unpaired) electrons. The average molecular weight is 184 g/mol. The first-order chi connectivity index (χ1) is 6.06. The smallest absolute Gasteiger partial charge is 0.293 e. The van der Waals surface area contributed by atoms with Crippen LogP contribution in [0.3, 0.4) is 0 Å². The molecule has 0 heterocycles. The van der Waals surface area contributed by atoms with Crippen molar-refractivity contribution in [2.45, 2.75) is 52.1 Å². The molecule has 0 aromatic rings. The Kier molecular flexibility index (Phi) is 3.34. The fraction of sp³-hybridized carbons (Fsp3) is 0.909. The van der Waals surface area contributed by atoms with Gasteiger partial charge in [-0.15, -0.1) is 0 Å². The molecule has 0 unspecified atom stereocenters. The number of rotatable bonds is 3. The molecule has 2 nitrogen and oxygen atoms in total. The quantitative estimate of drug-likeness (QED) is 0.630. The van der Waals surface area contributed by atoms with E-state index in [4.69, 9.17) is 4.74 Å². The molecular weight excluding hydrogens is 164 g/mol. The molecule has 0 bridgehead atoms. The van der Waals surface area contributed by atoms with Crippen molar-refractivity contribution in [1.29, 1.82) is 0 Å². The molecule has 0 aromatic carbocycles. The van der Waals surface area contributed by atoms with E-state index in [1.807, 2.05) is 13.8 Å². The van der Waals surface area contributed by atoms with E-state index in [0.29, 0.717) is 12.4 Å². The molecule has 0 N–H and O–H groups in total. The van der Waals surface area contributed by atoms with Crippen molar-refractivity contribution >= 4 is 6.47 Å². The second-order valence-corrected chi connectivity index (χ2v) is 4.77. The normalized spacial score (nSPS) is 29.8. The highest BCUT2D eigenvalue weighted by Gasteiger charge is 2.33. The molecule has 1 aliphatic rings. The van der Waals surface area contributed by atoms with Gasteiger partial charge >= 0.3 is 0 Å². The average Bonchev–Trinajstić information content (AvgIpc) is 2.05. The zero-order valence-electron chi connectivity index (χ0n) is 8.88. The van der Waals surface area contributed by atoms with Crippen molar-refractivity contribution in [2.24, 2.45) is 11.8 Å². The van der Waals surface area contributed by atoms with E-state index in [2.05, 4.69) is 6.92 Å². The standard InChI is InChI=1S/C11H20O2/c1-9-4-6-10(7-5-9)11(2,3)13-8-12/h8-10H,4-7H2,1-3H3. The van der Waals surface area contributed by atoms with Gasteiger partial charge in [-0.3, -0.25) is 4.79 Å². The predicted molar refractivity (Wildman–Crippen MR) is 52.4 cm³/mol. The van der Waals surface area contributed by atoms with Gasteiger partial charge in [-0.1, -0.05) is 19.8 Å². The largest absolute Gasteiger partial charge is 0.462 e. The van der Waals surface area contributed by atoms with Gasteiger partial charge in [0.05, 0.1) is 0 Å². The maximum absolute atomic E-state index is 10.3. The first-order valence-electron chi connectivity index (χ1n) is 5.17. The molecule has 1 aliphatic carbocycles. The molecule has 1 saturated carbocycles. The van der Waals surface area contributed by atoms with Crippen LogP contribution in [-0.4, -0.2) is 12.1 Å². The highest BCUT2D eigenvalue weighted by Crippen LogP contribution is 2.36. The van der Waals surface area contributed by atoms with Crippen molar-refractivity contribution in [3.63, 3.8) is 0 Å². The van der Waals surface area contributed by atoms with Crippen molar-refractivity contribution in [3.8, 4) is 0 Å². The van der Waals surface area contributed by atoms with Crippen LogP contribution < -0.4 is 0 Å². The van der Waals surface area contributed by atoms with Crippen LogP contribution in [0.4, 0.5) is 0 Å². The summed E-state index contributed by atoms with van der Waals surface area (Å²) in [4.78, 5) is 10.3. The second kappa shape index (κ2) is 4.12. The summed E-state index contributed by atoms with van der Waals surface area (Å²) in [6.07, 6.45) is 4.94. The zero-order valence-corrected chi connectivity index (χ0v) is 8.88. The lowest BCUT2D eigenvalue weighted by molar-refractivity contribution is -0.147. The molecule has 13 heavy (non-hydrogen) atoms. The Morgan fingerprint density at radius 2 is 1.77 bits per heavy atom. The molecule has 0 atom stereocenters. The van der Waals surface area contributed by atoms with Crippen LogP contribution in [0.15, 0.2) is 0 Å². The topological polar surface area (TPSA) is 26.3 Å². The highest BCUT2D eigenvalue weighted by atomic mass is 16.5. The molecule has 1 rings (SSSR count). The van der Waals surface area contributed by atoms with Gasteiger partial charge in [-0.2, -0.15) is 0 Å². The third kappa shape index (κ3) is 2.71. The number of carbonyl (C=O) groups is 1. The van der Waals surface area contributed by atoms with Gasteiger partial charge in [0.1, 0.15) is 5.60 Å².